The SMILES string of the molecule is COc1ccc(-c2cc(C#N)ccc2COCc2cncn2Cc2ccc(C#N)cc2)cn1. The molecule has 4 rings (SSSR count). The third kappa shape index (κ3) is 5.24. The topological polar surface area (TPSA) is 96.8 Å². The number of pyridine rings is 1. The molecule has 2 heterocycles. The van der Waals surface area contributed by atoms with Gasteiger partial charge in [-0.05, 0) is 47.0 Å². The van der Waals surface area contributed by atoms with Gasteiger partial charge in [0.05, 0.1) is 61.8 Å². The maximum atomic E-state index is 9.32. The smallest absolute Gasteiger partial charge is 0.212 e. The van der Waals surface area contributed by atoms with Crippen molar-refractivity contribution in [3.8, 4) is 29.1 Å². The number of benzene rings is 2. The molecule has 162 valence electrons. The third-order valence-electron chi connectivity index (χ3n) is 5.24. The fourth-order valence-electron chi connectivity index (χ4n) is 3.46. The fraction of sp³-hybridized carbons (Fsp3) is 0.154. The normalized spacial score (nSPS) is 10.4. The van der Waals surface area contributed by atoms with Crippen LogP contribution in [0.25, 0.3) is 11.1 Å². The van der Waals surface area contributed by atoms with Crippen LogP contribution in [0.15, 0.2) is 73.3 Å². The molecule has 7 heteroatoms. The average molecular weight is 435 g/mol. The Bertz CT molecular complexity index is 1310. The summed E-state index contributed by atoms with van der Waals surface area (Å²) >= 11 is 0. The van der Waals surface area contributed by atoms with Crippen LogP contribution < -0.4 is 4.74 Å². The van der Waals surface area contributed by atoms with Gasteiger partial charge in [-0.2, -0.15) is 10.5 Å². The third-order valence-corrected chi connectivity index (χ3v) is 5.24. The standard InChI is InChI=1S/C26H21N5O2/c1-32-26-9-8-22(13-30-26)25-10-21(12-28)6-7-23(25)16-33-17-24-14-29-18-31(24)15-20-4-2-19(11-27)3-5-20/h2-10,13-14,18H,15-17H2,1H3. The monoisotopic (exact) mass is 435 g/mol. The van der Waals surface area contributed by atoms with Crippen molar-refractivity contribution in [2.75, 3.05) is 7.11 Å². The van der Waals surface area contributed by atoms with Gasteiger partial charge in [0.2, 0.25) is 5.88 Å². The highest BCUT2D eigenvalue weighted by Gasteiger charge is 2.10. The Balaban J connectivity index is 1.46. The van der Waals surface area contributed by atoms with Crippen LogP contribution in [0.2, 0.25) is 0 Å². The molecule has 0 N–H and O–H groups in total. The van der Waals surface area contributed by atoms with Gasteiger partial charge >= 0.3 is 0 Å². The molecule has 0 amide bonds. The van der Waals surface area contributed by atoms with Crippen LogP contribution in [0.4, 0.5) is 0 Å². The van der Waals surface area contributed by atoms with E-state index in [9.17, 15) is 5.26 Å². The van der Waals surface area contributed by atoms with E-state index >= 15 is 0 Å². The summed E-state index contributed by atoms with van der Waals surface area (Å²) in [5.74, 6) is 0.531. The number of ether oxygens (including phenoxy) is 2. The maximum Gasteiger partial charge on any atom is 0.212 e. The summed E-state index contributed by atoms with van der Waals surface area (Å²) < 4.78 is 13.2. The largest absolute Gasteiger partial charge is 0.481 e. The van der Waals surface area contributed by atoms with E-state index in [-0.39, 0.29) is 0 Å². The van der Waals surface area contributed by atoms with Crippen molar-refractivity contribution in [2.45, 2.75) is 19.8 Å². The molecule has 0 spiro atoms. The van der Waals surface area contributed by atoms with Crippen molar-refractivity contribution in [1.82, 2.24) is 14.5 Å². The zero-order valence-electron chi connectivity index (χ0n) is 18.1. The molecule has 0 aliphatic heterocycles. The molecule has 0 atom stereocenters. The molecule has 0 aliphatic carbocycles. The molecule has 0 aliphatic rings. The molecule has 4 aromatic rings. The first-order chi connectivity index (χ1) is 16.2. The highest BCUT2D eigenvalue weighted by atomic mass is 16.5. The van der Waals surface area contributed by atoms with Gasteiger partial charge in [0.15, 0.2) is 0 Å². The second-order valence-corrected chi connectivity index (χ2v) is 7.39. The van der Waals surface area contributed by atoms with E-state index in [4.69, 9.17) is 14.7 Å². The number of aromatic nitrogens is 3. The Kier molecular flexibility index (Phi) is 6.75. The van der Waals surface area contributed by atoms with E-state index < -0.39 is 0 Å². The lowest BCUT2D eigenvalue weighted by atomic mass is 9.99. The lowest BCUT2D eigenvalue weighted by molar-refractivity contribution is 0.103. The van der Waals surface area contributed by atoms with Crippen LogP contribution in [0.3, 0.4) is 0 Å². The molecule has 0 unspecified atom stereocenters. The lowest BCUT2D eigenvalue weighted by Crippen LogP contribution is -2.05. The number of hydrogen-bond acceptors (Lipinski definition) is 6. The average Bonchev–Trinajstić information content (AvgIpc) is 3.31. The van der Waals surface area contributed by atoms with Gasteiger partial charge < -0.3 is 14.0 Å². The summed E-state index contributed by atoms with van der Waals surface area (Å²) in [7, 11) is 1.57. The zero-order chi connectivity index (χ0) is 23.0. The molecule has 0 radical (unpaired) electrons. The predicted octanol–water partition coefficient (Wildman–Crippen LogP) is 4.46. The molecule has 7 nitrogen and oxygen atoms in total. The Morgan fingerprint density at radius 1 is 0.909 bits per heavy atom. The van der Waals surface area contributed by atoms with E-state index in [1.165, 1.54) is 0 Å². The molecule has 33 heavy (non-hydrogen) atoms. The molecule has 0 bridgehead atoms. The number of rotatable bonds is 8. The van der Waals surface area contributed by atoms with Crippen molar-refractivity contribution in [3.63, 3.8) is 0 Å². The Morgan fingerprint density at radius 3 is 2.39 bits per heavy atom. The highest BCUT2D eigenvalue weighted by molar-refractivity contribution is 5.68. The number of hydrogen-bond donors (Lipinski definition) is 0. The summed E-state index contributed by atoms with van der Waals surface area (Å²) in [5.41, 5.74) is 5.98. The zero-order valence-corrected chi connectivity index (χ0v) is 18.1. The van der Waals surface area contributed by atoms with Gasteiger partial charge in [0, 0.05) is 24.4 Å². The first-order valence-corrected chi connectivity index (χ1v) is 10.3. The van der Waals surface area contributed by atoms with Gasteiger partial charge in [-0.25, -0.2) is 9.97 Å². The predicted molar refractivity (Wildman–Crippen MR) is 122 cm³/mol. The Hall–Kier alpha value is -4.46. The van der Waals surface area contributed by atoms with Crippen LogP contribution in [-0.2, 0) is 24.5 Å². The fourth-order valence-corrected chi connectivity index (χ4v) is 3.46. The molecule has 0 saturated carbocycles. The van der Waals surface area contributed by atoms with Gasteiger partial charge in [-0.15, -0.1) is 0 Å². The van der Waals surface area contributed by atoms with Gasteiger partial charge in [0.25, 0.3) is 0 Å². The summed E-state index contributed by atoms with van der Waals surface area (Å²) in [6, 6.07) is 21.1. The molecule has 2 aromatic heterocycles. The molecule has 0 saturated heterocycles. The van der Waals surface area contributed by atoms with E-state index in [0.29, 0.717) is 36.8 Å². The minimum atomic E-state index is 0.370. The Labute approximate surface area is 192 Å². The van der Waals surface area contributed by atoms with E-state index in [1.807, 2.05) is 47.0 Å². The minimum absolute atomic E-state index is 0.370. The van der Waals surface area contributed by atoms with E-state index in [1.54, 1.807) is 38.0 Å². The van der Waals surface area contributed by atoms with Crippen LogP contribution >= 0.6 is 0 Å². The van der Waals surface area contributed by atoms with Crippen LogP contribution in [0.1, 0.15) is 27.9 Å². The van der Waals surface area contributed by atoms with Crippen molar-refractivity contribution >= 4 is 0 Å². The summed E-state index contributed by atoms with van der Waals surface area (Å²) in [4.78, 5) is 8.53. The van der Waals surface area contributed by atoms with Crippen LogP contribution in [0, 0.1) is 22.7 Å². The van der Waals surface area contributed by atoms with Crippen molar-refractivity contribution < 1.29 is 9.47 Å². The quantitative estimate of drug-likeness (QED) is 0.405. The summed E-state index contributed by atoms with van der Waals surface area (Å²) in [6.45, 7) is 1.40. The summed E-state index contributed by atoms with van der Waals surface area (Å²) in [5, 5.41) is 18.3. The minimum Gasteiger partial charge on any atom is -0.481 e. The molecular formula is C26H21N5O2. The first kappa shape index (κ1) is 21.8. The van der Waals surface area contributed by atoms with Crippen molar-refractivity contribution in [1.29, 1.82) is 10.5 Å². The van der Waals surface area contributed by atoms with Gasteiger partial charge in [0.1, 0.15) is 0 Å². The summed E-state index contributed by atoms with van der Waals surface area (Å²) in [6.07, 6.45) is 5.29. The second kappa shape index (κ2) is 10.2. The lowest BCUT2D eigenvalue weighted by Gasteiger charge is -2.13. The Morgan fingerprint density at radius 2 is 1.70 bits per heavy atom. The van der Waals surface area contributed by atoms with Gasteiger partial charge in [-0.1, -0.05) is 18.2 Å². The molecular weight excluding hydrogens is 414 g/mol. The first-order valence-electron chi connectivity index (χ1n) is 10.3. The number of methoxy groups -OCH3 is 1. The number of nitriles is 2. The van der Waals surface area contributed by atoms with E-state index in [0.717, 1.165) is 27.9 Å². The van der Waals surface area contributed by atoms with Crippen molar-refractivity contribution in [2.24, 2.45) is 0 Å². The number of nitrogens with zero attached hydrogens (tertiary/aromatic N) is 5. The number of imidazole rings is 1. The second-order valence-electron chi connectivity index (χ2n) is 7.39. The van der Waals surface area contributed by atoms with Gasteiger partial charge in [-0.3, -0.25) is 0 Å². The van der Waals surface area contributed by atoms with Crippen LogP contribution in [-0.4, -0.2) is 21.6 Å². The van der Waals surface area contributed by atoms with Crippen molar-refractivity contribution in [3.05, 3.63) is 101 Å². The maximum absolute atomic E-state index is 9.32. The van der Waals surface area contributed by atoms with Crippen LogP contribution in [0.5, 0.6) is 5.88 Å². The van der Waals surface area contributed by atoms with E-state index in [2.05, 4.69) is 22.1 Å². The molecule has 0 fully saturated rings. The highest BCUT2D eigenvalue weighted by Crippen LogP contribution is 2.26. The molecule has 2 aromatic carbocycles.